The van der Waals surface area contributed by atoms with Crippen LogP contribution in [0, 0.1) is 6.07 Å². The first-order valence-corrected chi connectivity index (χ1v) is 3.30. The van der Waals surface area contributed by atoms with Gasteiger partial charge in [0.25, 0.3) is 0 Å². The fraction of sp³-hybridized carbons (Fsp3) is 0. The van der Waals surface area contributed by atoms with Crippen molar-refractivity contribution in [3.8, 4) is 0 Å². The molecular weight excluding hydrogens is 132 g/mol. The van der Waals surface area contributed by atoms with E-state index in [0.29, 0.717) is 0 Å². The van der Waals surface area contributed by atoms with E-state index in [-0.39, 0.29) is 0 Å². The van der Waals surface area contributed by atoms with E-state index in [9.17, 15) is 0 Å². The van der Waals surface area contributed by atoms with Crippen LogP contribution in [-0.2, 0) is 0 Å². The maximum Gasteiger partial charge on any atom is 0.0739 e. The zero-order valence-corrected chi connectivity index (χ0v) is 5.35. The summed E-state index contributed by atoms with van der Waals surface area (Å²) in [6, 6.07) is 2.97. The average Bonchev–Trinajstić information content (AvgIpc) is 2.33. The number of nitrogens with zero attached hydrogens (tertiary/aromatic N) is 2. The fourth-order valence-electron chi connectivity index (χ4n) is 0.662. The molecule has 0 spiro atoms. The number of fused-ring (bicyclic) bond motifs is 1. The van der Waals surface area contributed by atoms with E-state index >= 15 is 0 Å². The third kappa shape index (κ3) is 0.695. The second kappa shape index (κ2) is 1.77. The number of hydrogen-bond donors (Lipinski definition) is 0. The van der Waals surface area contributed by atoms with E-state index in [1.807, 2.05) is 0 Å². The molecule has 2 nitrogen and oxygen atoms in total. The number of pyridine rings is 1. The zero-order chi connectivity index (χ0) is 6.10. The Labute approximate surface area is 56.3 Å². The molecule has 1 radical (unpaired) electrons. The van der Waals surface area contributed by atoms with Crippen LogP contribution in [0.3, 0.4) is 0 Å². The van der Waals surface area contributed by atoms with Crippen molar-refractivity contribution in [1.82, 2.24) is 9.36 Å². The second-order valence-corrected chi connectivity index (χ2v) is 2.49. The van der Waals surface area contributed by atoms with Crippen LogP contribution in [0.2, 0.25) is 0 Å². The summed E-state index contributed by atoms with van der Waals surface area (Å²) in [6.07, 6.45) is 5.24. The Morgan fingerprint density at radius 3 is 3.33 bits per heavy atom. The molecule has 0 aliphatic rings. The molecule has 0 saturated heterocycles. The Bertz CT molecular complexity index is 285. The van der Waals surface area contributed by atoms with E-state index in [4.69, 9.17) is 0 Å². The van der Waals surface area contributed by atoms with Gasteiger partial charge in [-0.15, -0.1) is 0 Å². The van der Waals surface area contributed by atoms with Crippen LogP contribution < -0.4 is 0 Å². The minimum atomic E-state index is 1.05. The summed E-state index contributed by atoms with van der Waals surface area (Å²) >= 11 is 1.44. The van der Waals surface area contributed by atoms with Crippen LogP contribution in [0.1, 0.15) is 0 Å². The maximum atomic E-state index is 3.97. The van der Waals surface area contributed by atoms with Gasteiger partial charge in [-0.3, -0.25) is 4.98 Å². The molecule has 0 atom stereocenters. The maximum absolute atomic E-state index is 3.97. The molecule has 0 amide bonds. The van der Waals surface area contributed by atoms with E-state index in [2.05, 4.69) is 15.4 Å². The normalized spacial score (nSPS) is 10.2. The Morgan fingerprint density at radius 2 is 2.44 bits per heavy atom. The van der Waals surface area contributed by atoms with Crippen LogP contribution in [0.15, 0.2) is 18.6 Å². The summed E-state index contributed by atoms with van der Waals surface area (Å²) in [6.45, 7) is 0. The summed E-state index contributed by atoms with van der Waals surface area (Å²) in [4.78, 5) is 3.90. The Balaban J connectivity index is 2.95. The molecule has 9 heavy (non-hydrogen) atoms. The largest absolute Gasteiger partial charge is 0.263 e. The van der Waals surface area contributed by atoms with Gasteiger partial charge in [0.1, 0.15) is 0 Å². The summed E-state index contributed by atoms with van der Waals surface area (Å²) in [7, 11) is 0. The van der Waals surface area contributed by atoms with Gasteiger partial charge in [0.2, 0.25) is 0 Å². The first-order valence-electron chi connectivity index (χ1n) is 2.53. The van der Waals surface area contributed by atoms with Crippen LogP contribution >= 0.6 is 11.5 Å². The fourth-order valence-corrected chi connectivity index (χ4v) is 1.25. The molecule has 0 bridgehead atoms. The predicted molar refractivity (Wildman–Crippen MR) is 36.3 cm³/mol. The smallest absolute Gasteiger partial charge is 0.0739 e. The van der Waals surface area contributed by atoms with E-state index < -0.39 is 0 Å². The minimum absolute atomic E-state index is 1.05. The lowest BCUT2D eigenvalue weighted by Gasteiger charge is -1.79. The highest BCUT2D eigenvalue weighted by Crippen LogP contribution is 2.13. The van der Waals surface area contributed by atoms with Crippen molar-refractivity contribution in [2.45, 2.75) is 0 Å². The van der Waals surface area contributed by atoms with Gasteiger partial charge in [0, 0.05) is 30.0 Å². The lowest BCUT2D eigenvalue weighted by Crippen LogP contribution is -1.65. The summed E-state index contributed by atoms with van der Waals surface area (Å²) in [5.41, 5.74) is 0. The van der Waals surface area contributed by atoms with Crippen molar-refractivity contribution >= 4 is 21.6 Å². The molecule has 3 heteroatoms. The first-order chi connectivity index (χ1) is 4.47. The highest BCUT2D eigenvalue weighted by atomic mass is 32.1. The molecule has 2 aromatic heterocycles. The molecule has 2 rings (SSSR count). The van der Waals surface area contributed by atoms with Crippen molar-refractivity contribution in [3.05, 3.63) is 24.7 Å². The van der Waals surface area contributed by atoms with Crippen molar-refractivity contribution in [2.75, 3.05) is 0 Å². The molecule has 43 valence electrons. The molecule has 2 heterocycles. The monoisotopic (exact) mass is 135 g/mol. The summed E-state index contributed by atoms with van der Waals surface area (Å²) in [5, 5.41) is 1.05. The highest BCUT2D eigenvalue weighted by Gasteiger charge is 1.91. The molecule has 0 aromatic carbocycles. The number of rotatable bonds is 0. The number of aromatic nitrogens is 2. The first kappa shape index (κ1) is 4.88. The quantitative estimate of drug-likeness (QED) is 0.547. The molecule has 0 fully saturated rings. The van der Waals surface area contributed by atoms with E-state index in [1.54, 1.807) is 18.6 Å². The van der Waals surface area contributed by atoms with Crippen LogP contribution in [0.4, 0.5) is 0 Å². The topological polar surface area (TPSA) is 25.8 Å². The van der Waals surface area contributed by atoms with Gasteiger partial charge in [-0.1, -0.05) is 0 Å². The lowest BCUT2D eigenvalue weighted by atomic mass is 10.4. The van der Waals surface area contributed by atoms with Crippen LogP contribution in [-0.4, -0.2) is 9.36 Å². The van der Waals surface area contributed by atoms with Crippen LogP contribution in [0.25, 0.3) is 10.1 Å². The van der Waals surface area contributed by atoms with Gasteiger partial charge >= 0.3 is 0 Å². The highest BCUT2D eigenvalue weighted by molar-refractivity contribution is 7.13. The van der Waals surface area contributed by atoms with E-state index in [0.717, 1.165) is 10.1 Å². The molecule has 0 aliphatic heterocycles. The predicted octanol–water partition coefficient (Wildman–Crippen LogP) is 1.49. The molecular formula is C6H3N2S. The van der Waals surface area contributed by atoms with E-state index in [1.165, 1.54) is 11.5 Å². The third-order valence-corrected chi connectivity index (χ3v) is 1.82. The minimum Gasteiger partial charge on any atom is -0.263 e. The van der Waals surface area contributed by atoms with Gasteiger partial charge in [0.15, 0.2) is 0 Å². The summed E-state index contributed by atoms with van der Waals surface area (Å²) in [5.74, 6) is 0. The molecule has 0 aliphatic carbocycles. The van der Waals surface area contributed by atoms with Gasteiger partial charge in [0.05, 0.1) is 4.70 Å². The lowest BCUT2D eigenvalue weighted by molar-refractivity contribution is 1.37. The number of hydrogen-bond acceptors (Lipinski definition) is 3. The molecule has 0 saturated carbocycles. The average molecular weight is 135 g/mol. The van der Waals surface area contributed by atoms with Crippen molar-refractivity contribution in [2.24, 2.45) is 0 Å². The Morgan fingerprint density at radius 1 is 1.44 bits per heavy atom. The zero-order valence-electron chi connectivity index (χ0n) is 4.53. The van der Waals surface area contributed by atoms with Gasteiger partial charge in [-0.2, -0.15) is 4.37 Å². The standard InChI is InChI=1S/C6H3N2S/c1-2-7-4-6-5(1)3-8-9-6/h2-4H. The molecule has 0 N–H and O–H groups in total. The Hall–Kier alpha value is -0.960. The summed E-state index contributed by atoms with van der Waals surface area (Å²) < 4.78 is 5.07. The molecule has 2 aromatic rings. The third-order valence-electron chi connectivity index (χ3n) is 1.08. The molecule has 0 unspecified atom stereocenters. The van der Waals surface area contributed by atoms with Crippen molar-refractivity contribution in [1.29, 1.82) is 0 Å². The van der Waals surface area contributed by atoms with Gasteiger partial charge < -0.3 is 0 Å². The second-order valence-electron chi connectivity index (χ2n) is 1.66. The van der Waals surface area contributed by atoms with Crippen molar-refractivity contribution < 1.29 is 0 Å². The van der Waals surface area contributed by atoms with Gasteiger partial charge in [-0.25, -0.2) is 0 Å². The van der Waals surface area contributed by atoms with Crippen LogP contribution in [0.5, 0.6) is 0 Å². The SMILES string of the molecule is [c]1cncc2sncc12. The Kier molecular flexibility index (Phi) is 0.960. The van der Waals surface area contributed by atoms with Crippen molar-refractivity contribution in [3.63, 3.8) is 0 Å². The van der Waals surface area contributed by atoms with Gasteiger partial charge in [-0.05, 0) is 11.5 Å².